The fraction of sp³-hybridized carbons (Fsp3) is 0.300. The molecule has 0 unspecified atom stereocenters. The first kappa shape index (κ1) is 18.5. The molecular weight excluding hydrogens is 316 g/mol. The summed E-state index contributed by atoms with van der Waals surface area (Å²) in [6, 6.07) is 16.6. The van der Waals surface area contributed by atoms with Crippen LogP contribution in [0.5, 0.6) is 5.75 Å². The summed E-state index contributed by atoms with van der Waals surface area (Å²) < 4.78 is 5.13. The van der Waals surface area contributed by atoms with Crippen LogP contribution in [0.2, 0.25) is 0 Å². The van der Waals surface area contributed by atoms with Gasteiger partial charge in [0.05, 0.1) is 7.11 Å². The molecule has 1 atom stereocenters. The lowest BCUT2D eigenvalue weighted by atomic mass is 9.76. The summed E-state index contributed by atoms with van der Waals surface area (Å²) in [7, 11) is 3.15. The first-order chi connectivity index (χ1) is 12.1. The molecule has 0 aromatic heterocycles. The smallest absolute Gasteiger partial charge is 0.240 e. The Labute approximate surface area is 148 Å². The lowest BCUT2D eigenvalue weighted by molar-refractivity contribution is -0.138. The molecule has 25 heavy (non-hydrogen) atoms. The Morgan fingerprint density at radius 3 is 2.16 bits per heavy atom. The number of methoxy groups -OCH3 is 1. The molecule has 2 rings (SSSR count). The Morgan fingerprint density at radius 2 is 1.64 bits per heavy atom. The second-order valence-electron chi connectivity index (χ2n) is 5.73. The minimum Gasteiger partial charge on any atom is -0.497 e. The Kier molecular flexibility index (Phi) is 6.17. The van der Waals surface area contributed by atoms with Crippen LogP contribution in [0, 0.1) is 0 Å². The van der Waals surface area contributed by atoms with Gasteiger partial charge in [0, 0.05) is 13.6 Å². The van der Waals surface area contributed by atoms with Crippen LogP contribution in [0.25, 0.3) is 0 Å². The molecule has 0 fully saturated rings. The van der Waals surface area contributed by atoms with Crippen molar-refractivity contribution in [1.82, 2.24) is 10.6 Å². The van der Waals surface area contributed by atoms with E-state index < -0.39 is 5.41 Å². The molecule has 0 spiro atoms. The lowest BCUT2D eigenvalue weighted by Crippen LogP contribution is -2.53. The number of benzene rings is 2. The molecule has 0 aliphatic heterocycles. The molecule has 2 aromatic rings. The van der Waals surface area contributed by atoms with Crippen molar-refractivity contribution in [2.24, 2.45) is 0 Å². The Balaban J connectivity index is 2.24. The predicted octanol–water partition coefficient (Wildman–Crippen LogP) is 2.41. The third-order valence-corrected chi connectivity index (χ3v) is 4.41. The van der Waals surface area contributed by atoms with Crippen molar-refractivity contribution in [3.05, 3.63) is 65.7 Å². The van der Waals surface area contributed by atoms with Gasteiger partial charge in [0.1, 0.15) is 5.75 Å². The quantitative estimate of drug-likeness (QED) is 0.761. The highest BCUT2D eigenvalue weighted by atomic mass is 16.5. The molecule has 5 heteroatoms. The van der Waals surface area contributed by atoms with Crippen molar-refractivity contribution in [2.75, 3.05) is 14.2 Å². The van der Waals surface area contributed by atoms with Crippen molar-refractivity contribution < 1.29 is 14.3 Å². The number of hydrogen-bond donors (Lipinski definition) is 2. The van der Waals surface area contributed by atoms with E-state index in [1.165, 1.54) is 0 Å². The maximum Gasteiger partial charge on any atom is 0.240 e. The van der Waals surface area contributed by atoms with Crippen molar-refractivity contribution >= 4 is 11.8 Å². The van der Waals surface area contributed by atoms with Crippen LogP contribution in [0.15, 0.2) is 54.6 Å². The van der Waals surface area contributed by atoms with Gasteiger partial charge in [-0.2, -0.15) is 0 Å². The highest BCUT2D eigenvalue weighted by Gasteiger charge is 2.45. The summed E-state index contributed by atoms with van der Waals surface area (Å²) in [6.07, 6.45) is 0.366. The Morgan fingerprint density at radius 1 is 1.00 bits per heavy atom. The summed E-state index contributed by atoms with van der Waals surface area (Å²) in [5.41, 5.74) is 0.371. The van der Waals surface area contributed by atoms with Crippen LogP contribution < -0.4 is 15.4 Å². The topological polar surface area (TPSA) is 67.4 Å². The second kappa shape index (κ2) is 8.33. The minimum atomic E-state index is -1.25. The van der Waals surface area contributed by atoms with Crippen molar-refractivity contribution in [3.63, 3.8) is 0 Å². The van der Waals surface area contributed by atoms with E-state index in [1.807, 2.05) is 61.5 Å². The van der Waals surface area contributed by atoms with Crippen LogP contribution in [-0.4, -0.2) is 26.0 Å². The van der Waals surface area contributed by atoms with Crippen LogP contribution in [-0.2, 0) is 21.5 Å². The fourth-order valence-electron chi connectivity index (χ4n) is 2.90. The van der Waals surface area contributed by atoms with Gasteiger partial charge in [-0.3, -0.25) is 9.59 Å². The zero-order chi connectivity index (χ0) is 18.3. The van der Waals surface area contributed by atoms with E-state index in [0.717, 1.165) is 11.3 Å². The third-order valence-electron chi connectivity index (χ3n) is 4.41. The molecule has 132 valence electrons. The number of amides is 2. The SMILES string of the molecule is CC[C@](C(=O)NC)(C(=O)NCc1ccc(OC)cc1)c1ccccc1. The average Bonchev–Trinajstić information content (AvgIpc) is 2.68. The Hall–Kier alpha value is -2.82. The van der Waals surface area contributed by atoms with E-state index in [1.54, 1.807) is 14.2 Å². The molecule has 0 bridgehead atoms. The monoisotopic (exact) mass is 340 g/mol. The van der Waals surface area contributed by atoms with Gasteiger partial charge in [-0.05, 0) is 29.7 Å². The van der Waals surface area contributed by atoms with Gasteiger partial charge in [-0.25, -0.2) is 0 Å². The number of carbonyl (C=O) groups is 2. The van der Waals surface area contributed by atoms with Gasteiger partial charge in [0.2, 0.25) is 11.8 Å². The van der Waals surface area contributed by atoms with Crippen LogP contribution in [0.1, 0.15) is 24.5 Å². The number of hydrogen-bond acceptors (Lipinski definition) is 3. The standard InChI is InChI=1S/C20H24N2O3/c1-4-20(18(23)21-2,16-8-6-5-7-9-16)19(24)22-14-15-10-12-17(25-3)13-11-15/h5-13H,4,14H2,1-3H3,(H,21,23)(H,22,24)/t20-/m0/s1. The normalized spacial score (nSPS) is 12.8. The second-order valence-corrected chi connectivity index (χ2v) is 5.73. The Bertz CT molecular complexity index is 713. The molecule has 0 saturated heterocycles. The zero-order valence-electron chi connectivity index (χ0n) is 14.8. The van der Waals surface area contributed by atoms with E-state index in [2.05, 4.69) is 10.6 Å². The first-order valence-electron chi connectivity index (χ1n) is 8.27. The van der Waals surface area contributed by atoms with Gasteiger partial charge >= 0.3 is 0 Å². The number of ether oxygens (including phenoxy) is 1. The van der Waals surface area contributed by atoms with E-state index >= 15 is 0 Å². The molecule has 0 aliphatic rings. The predicted molar refractivity (Wildman–Crippen MR) is 97.3 cm³/mol. The summed E-state index contributed by atoms with van der Waals surface area (Å²) >= 11 is 0. The van der Waals surface area contributed by atoms with Gasteiger partial charge in [-0.15, -0.1) is 0 Å². The lowest BCUT2D eigenvalue weighted by Gasteiger charge is -2.30. The van der Waals surface area contributed by atoms with Crippen LogP contribution >= 0.6 is 0 Å². The summed E-state index contributed by atoms with van der Waals surface area (Å²) in [6.45, 7) is 2.18. The van der Waals surface area contributed by atoms with Gasteiger partial charge in [-0.1, -0.05) is 49.4 Å². The number of nitrogens with one attached hydrogen (secondary N) is 2. The maximum atomic E-state index is 13.0. The van der Waals surface area contributed by atoms with Crippen molar-refractivity contribution in [1.29, 1.82) is 0 Å². The van der Waals surface area contributed by atoms with Crippen molar-refractivity contribution in [2.45, 2.75) is 25.3 Å². The van der Waals surface area contributed by atoms with E-state index in [9.17, 15) is 9.59 Å². The third kappa shape index (κ3) is 3.82. The highest BCUT2D eigenvalue weighted by Crippen LogP contribution is 2.29. The molecule has 2 aromatic carbocycles. The molecule has 0 aliphatic carbocycles. The minimum absolute atomic E-state index is 0.309. The first-order valence-corrected chi connectivity index (χ1v) is 8.27. The van der Waals surface area contributed by atoms with Crippen LogP contribution in [0.3, 0.4) is 0 Å². The molecular formula is C20H24N2O3. The fourth-order valence-corrected chi connectivity index (χ4v) is 2.90. The van der Waals surface area contributed by atoms with Crippen LogP contribution in [0.4, 0.5) is 0 Å². The number of carbonyl (C=O) groups excluding carboxylic acids is 2. The highest BCUT2D eigenvalue weighted by molar-refractivity contribution is 6.10. The molecule has 0 saturated carbocycles. The van der Waals surface area contributed by atoms with E-state index in [0.29, 0.717) is 18.5 Å². The van der Waals surface area contributed by atoms with Crippen molar-refractivity contribution in [3.8, 4) is 5.75 Å². The largest absolute Gasteiger partial charge is 0.497 e. The molecule has 0 radical (unpaired) electrons. The summed E-state index contributed by atoms with van der Waals surface area (Å²) in [4.78, 5) is 25.6. The molecule has 0 heterocycles. The summed E-state index contributed by atoms with van der Waals surface area (Å²) in [5, 5.41) is 5.53. The maximum absolute atomic E-state index is 13.0. The average molecular weight is 340 g/mol. The van der Waals surface area contributed by atoms with E-state index in [4.69, 9.17) is 4.74 Å². The summed E-state index contributed by atoms with van der Waals surface area (Å²) in [5.74, 6) is 0.137. The van der Waals surface area contributed by atoms with Gasteiger partial charge in [0.15, 0.2) is 5.41 Å². The van der Waals surface area contributed by atoms with E-state index in [-0.39, 0.29) is 11.8 Å². The number of rotatable bonds is 7. The molecule has 5 nitrogen and oxygen atoms in total. The van der Waals surface area contributed by atoms with Gasteiger partial charge in [0.25, 0.3) is 0 Å². The zero-order valence-corrected chi connectivity index (χ0v) is 14.8. The number of likely N-dealkylation sites (N-methyl/N-ethyl adjacent to an activating group) is 1. The molecule has 2 N–H and O–H groups in total. The van der Waals surface area contributed by atoms with Gasteiger partial charge < -0.3 is 15.4 Å². The molecule has 2 amide bonds.